The molecule has 0 radical (unpaired) electrons. The topological polar surface area (TPSA) is 78.3 Å². The highest BCUT2D eigenvalue weighted by atomic mass is 16.6. The number of ether oxygens (including phenoxy) is 1. The van der Waals surface area contributed by atoms with Crippen LogP contribution in [0.1, 0.15) is 19.8 Å². The maximum Gasteiger partial charge on any atom is 0.404 e. The number of primary amides is 1. The third-order valence-corrected chi connectivity index (χ3v) is 1.13. The molecule has 60 valence electrons. The Morgan fingerprint density at radius 3 is 2.70 bits per heavy atom. The van der Waals surface area contributed by atoms with Crippen molar-refractivity contribution in [3.8, 4) is 0 Å². The normalized spacial score (nSPS) is 12.6. The van der Waals surface area contributed by atoms with Gasteiger partial charge in [-0.2, -0.15) is 0 Å². The number of hydrogen-bond acceptors (Lipinski definition) is 3. The zero-order valence-corrected chi connectivity index (χ0v) is 6.17. The maximum atomic E-state index is 10.1. The molecule has 1 amide bonds. The first-order valence-corrected chi connectivity index (χ1v) is 3.33. The summed E-state index contributed by atoms with van der Waals surface area (Å²) in [7, 11) is 0. The summed E-state index contributed by atoms with van der Waals surface area (Å²) in [4.78, 5) is 10.1. The number of rotatable bonds is 4. The Balaban J connectivity index is 3.25. The quantitative estimate of drug-likeness (QED) is 0.595. The van der Waals surface area contributed by atoms with Gasteiger partial charge in [0.1, 0.15) is 6.10 Å². The number of carbonyl (C=O) groups is 1. The minimum Gasteiger partial charge on any atom is -0.447 e. The molecule has 4 N–H and O–H groups in total. The lowest BCUT2D eigenvalue weighted by molar-refractivity contribution is 0.110. The van der Waals surface area contributed by atoms with Crippen LogP contribution in [0.2, 0.25) is 0 Å². The Morgan fingerprint density at radius 1 is 1.70 bits per heavy atom. The smallest absolute Gasteiger partial charge is 0.404 e. The molecule has 4 heteroatoms. The lowest BCUT2D eigenvalue weighted by Gasteiger charge is -2.09. The lowest BCUT2D eigenvalue weighted by atomic mass is 10.2. The molecule has 0 fully saturated rings. The van der Waals surface area contributed by atoms with Gasteiger partial charge in [0.2, 0.25) is 0 Å². The summed E-state index contributed by atoms with van der Waals surface area (Å²) >= 11 is 0. The van der Waals surface area contributed by atoms with Crippen molar-refractivity contribution < 1.29 is 9.53 Å². The first-order chi connectivity index (χ1) is 4.66. The fraction of sp³-hybridized carbons (Fsp3) is 0.833. The molecule has 0 heterocycles. The summed E-state index contributed by atoms with van der Waals surface area (Å²) in [5.41, 5.74) is 10.0. The van der Waals surface area contributed by atoms with Crippen LogP contribution in [0, 0.1) is 0 Å². The Morgan fingerprint density at radius 2 is 2.30 bits per heavy atom. The second kappa shape index (κ2) is 5.05. The van der Waals surface area contributed by atoms with Gasteiger partial charge >= 0.3 is 6.09 Å². The summed E-state index contributed by atoms with van der Waals surface area (Å²) in [6.45, 7) is 2.41. The van der Waals surface area contributed by atoms with Crippen molar-refractivity contribution >= 4 is 6.09 Å². The Kier molecular flexibility index (Phi) is 4.66. The van der Waals surface area contributed by atoms with Crippen molar-refractivity contribution in [1.82, 2.24) is 0 Å². The molecule has 0 spiro atoms. The monoisotopic (exact) mass is 146 g/mol. The highest BCUT2D eigenvalue weighted by Crippen LogP contribution is 1.99. The number of hydrogen-bond donors (Lipinski definition) is 2. The Bertz CT molecular complexity index is 106. The van der Waals surface area contributed by atoms with Crippen molar-refractivity contribution in [1.29, 1.82) is 0 Å². The molecule has 0 aliphatic rings. The van der Waals surface area contributed by atoms with E-state index in [2.05, 4.69) is 4.74 Å². The maximum absolute atomic E-state index is 10.1. The highest BCUT2D eigenvalue weighted by Gasteiger charge is 2.03. The third kappa shape index (κ3) is 5.37. The molecule has 4 nitrogen and oxygen atoms in total. The minimum absolute atomic E-state index is 0.110. The fourth-order valence-electron chi connectivity index (χ4n) is 0.663. The van der Waals surface area contributed by atoms with Crippen LogP contribution < -0.4 is 11.5 Å². The van der Waals surface area contributed by atoms with E-state index in [0.29, 0.717) is 6.54 Å². The van der Waals surface area contributed by atoms with E-state index < -0.39 is 6.09 Å². The van der Waals surface area contributed by atoms with E-state index in [1.807, 2.05) is 0 Å². The van der Waals surface area contributed by atoms with E-state index in [9.17, 15) is 4.79 Å². The van der Waals surface area contributed by atoms with Gasteiger partial charge in [0.05, 0.1) is 0 Å². The van der Waals surface area contributed by atoms with Crippen molar-refractivity contribution in [2.45, 2.75) is 25.9 Å². The Hall–Kier alpha value is -0.770. The van der Waals surface area contributed by atoms with Crippen LogP contribution in [-0.4, -0.2) is 18.7 Å². The molecular weight excluding hydrogens is 132 g/mol. The van der Waals surface area contributed by atoms with Crippen LogP contribution in [0.3, 0.4) is 0 Å². The first kappa shape index (κ1) is 9.23. The average molecular weight is 146 g/mol. The van der Waals surface area contributed by atoms with E-state index in [4.69, 9.17) is 11.5 Å². The van der Waals surface area contributed by atoms with Crippen molar-refractivity contribution in [2.24, 2.45) is 11.5 Å². The molecule has 0 saturated carbocycles. The van der Waals surface area contributed by atoms with Crippen LogP contribution in [0.4, 0.5) is 4.79 Å². The molecule has 0 saturated heterocycles. The molecule has 1 unspecified atom stereocenters. The van der Waals surface area contributed by atoms with Crippen molar-refractivity contribution in [2.75, 3.05) is 6.54 Å². The Labute approximate surface area is 60.5 Å². The van der Waals surface area contributed by atoms with Gasteiger partial charge in [0.25, 0.3) is 0 Å². The van der Waals surface area contributed by atoms with Crippen LogP contribution in [0.25, 0.3) is 0 Å². The summed E-state index contributed by atoms with van der Waals surface area (Å²) in [5, 5.41) is 0. The molecule has 0 aliphatic heterocycles. The molecule has 0 aromatic rings. The van der Waals surface area contributed by atoms with Gasteiger partial charge in [0.15, 0.2) is 0 Å². The van der Waals surface area contributed by atoms with E-state index in [0.717, 1.165) is 12.8 Å². The van der Waals surface area contributed by atoms with Crippen LogP contribution in [0.5, 0.6) is 0 Å². The standard InChI is InChI=1S/C6H14N2O2/c1-5(3-2-4-7)10-6(8)9/h5H,2-4,7H2,1H3,(H2,8,9). The SMILES string of the molecule is CC(CCCN)OC(N)=O. The van der Waals surface area contributed by atoms with Crippen LogP contribution in [-0.2, 0) is 4.74 Å². The van der Waals surface area contributed by atoms with E-state index in [-0.39, 0.29) is 6.10 Å². The molecule has 0 rings (SSSR count). The largest absolute Gasteiger partial charge is 0.447 e. The lowest BCUT2D eigenvalue weighted by Crippen LogP contribution is -2.20. The molecular formula is C6H14N2O2. The second-order valence-electron chi connectivity index (χ2n) is 2.18. The van der Waals surface area contributed by atoms with Crippen molar-refractivity contribution in [3.63, 3.8) is 0 Å². The van der Waals surface area contributed by atoms with E-state index in [1.165, 1.54) is 0 Å². The molecule has 0 aromatic carbocycles. The predicted octanol–water partition coefficient (Wildman–Crippen LogP) is 0.209. The van der Waals surface area contributed by atoms with Gasteiger partial charge in [-0.3, -0.25) is 0 Å². The van der Waals surface area contributed by atoms with Gasteiger partial charge in [-0.1, -0.05) is 0 Å². The van der Waals surface area contributed by atoms with E-state index >= 15 is 0 Å². The fourth-order valence-corrected chi connectivity index (χ4v) is 0.663. The van der Waals surface area contributed by atoms with Gasteiger partial charge < -0.3 is 16.2 Å². The van der Waals surface area contributed by atoms with Gasteiger partial charge in [0, 0.05) is 0 Å². The second-order valence-corrected chi connectivity index (χ2v) is 2.18. The molecule has 10 heavy (non-hydrogen) atoms. The summed E-state index contributed by atoms with van der Waals surface area (Å²) in [5.74, 6) is 0. The molecule has 0 aliphatic carbocycles. The van der Waals surface area contributed by atoms with E-state index in [1.54, 1.807) is 6.92 Å². The zero-order valence-electron chi connectivity index (χ0n) is 6.17. The summed E-state index contributed by atoms with van der Waals surface area (Å²) < 4.78 is 4.64. The predicted molar refractivity (Wildman–Crippen MR) is 38.4 cm³/mol. The number of nitrogens with two attached hydrogens (primary N) is 2. The molecule has 1 atom stereocenters. The first-order valence-electron chi connectivity index (χ1n) is 3.33. The highest BCUT2D eigenvalue weighted by molar-refractivity contribution is 5.64. The van der Waals surface area contributed by atoms with Gasteiger partial charge in [-0.15, -0.1) is 0 Å². The van der Waals surface area contributed by atoms with Crippen LogP contribution >= 0.6 is 0 Å². The third-order valence-electron chi connectivity index (χ3n) is 1.13. The number of amides is 1. The summed E-state index contributed by atoms with van der Waals surface area (Å²) in [6.07, 6.45) is 0.805. The number of carbonyl (C=O) groups excluding carboxylic acids is 1. The molecule has 0 bridgehead atoms. The average Bonchev–Trinajstić information content (AvgIpc) is 1.82. The summed E-state index contributed by atoms with van der Waals surface area (Å²) in [6, 6.07) is 0. The zero-order chi connectivity index (χ0) is 7.98. The minimum atomic E-state index is -0.718. The van der Waals surface area contributed by atoms with Gasteiger partial charge in [-0.25, -0.2) is 4.79 Å². The van der Waals surface area contributed by atoms with Crippen molar-refractivity contribution in [3.05, 3.63) is 0 Å². The van der Waals surface area contributed by atoms with Crippen LogP contribution in [0.15, 0.2) is 0 Å². The molecule has 0 aromatic heterocycles. The van der Waals surface area contributed by atoms with Gasteiger partial charge in [-0.05, 0) is 26.3 Å².